The minimum Gasteiger partial charge on any atom is -0.354 e. The van der Waals surface area contributed by atoms with Crippen molar-refractivity contribution in [3.05, 3.63) is 164 Å². The van der Waals surface area contributed by atoms with E-state index in [1.165, 1.54) is 22.3 Å². The summed E-state index contributed by atoms with van der Waals surface area (Å²) in [6.07, 6.45) is 0. The van der Waals surface area contributed by atoms with Crippen LogP contribution in [0, 0.1) is 0 Å². The van der Waals surface area contributed by atoms with Crippen molar-refractivity contribution in [1.82, 2.24) is 0 Å². The van der Waals surface area contributed by atoms with Crippen LogP contribution in [0.3, 0.4) is 0 Å². The summed E-state index contributed by atoms with van der Waals surface area (Å²) in [6.45, 7) is 0. The van der Waals surface area contributed by atoms with Crippen molar-refractivity contribution in [2.24, 2.45) is 0 Å². The maximum atomic E-state index is 3.82. The van der Waals surface area contributed by atoms with Gasteiger partial charge in [-0.2, -0.15) is 5.12 Å². The molecular formula is C40H30N4. The normalized spacial score (nSPS) is 11.2. The number of nitrogens with zero attached hydrogens (tertiary/aromatic N) is 1. The smallest absolute Gasteiger partial charge is 0.112 e. The van der Waals surface area contributed by atoms with Gasteiger partial charge >= 0.3 is 0 Å². The first-order valence-corrected chi connectivity index (χ1v) is 14.9. The second kappa shape index (κ2) is 11.0. The zero-order chi connectivity index (χ0) is 29.3. The largest absolute Gasteiger partial charge is 0.354 e. The molecule has 210 valence electrons. The van der Waals surface area contributed by atoms with E-state index in [1.54, 1.807) is 0 Å². The molecular weight excluding hydrogens is 536 g/mol. The molecule has 1 aliphatic rings. The number of hydrogen-bond donors (Lipinski definition) is 3. The third kappa shape index (κ3) is 4.59. The molecule has 7 aromatic rings. The van der Waals surface area contributed by atoms with Gasteiger partial charge in [-0.1, -0.05) is 133 Å². The van der Waals surface area contributed by atoms with Crippen LogP contribution in [0.2, 0.25) is 0 Å². The molecule has 0 spiro atoms. The van der Waals surface area contributed by atoms with Crippen LogP contribution in [0.25, 0.3) is 44.2 Å². The Kier molecular flexibility index (Phi) is 6.43. The van der Waals surface area contributed by atoms with E-state index < -0.39 is 0 Å². The summed E-state index contributed by atoms with van der Waals surface area (Å²) in [5, 5.41) is 8.03. The highest BCUT2D eigenvalue weighted by atomic mass is 15.7. The van der Waals surface area contributed by atoms with Crippen LogP contribution in [0.4, 0.5) is 28.4 Å². The molecule has 0 amide bonds. The van der Waals surface area contributed by atoms with E-state index in [4.69, 9.17) is 0 Å². The first-order valence-electron chi connectivity index (χ1n) is 14.9. The van der Waals surface area contributed by atoms with Crippen LogP contribution in [0.5, 0.6) is 0 Å². The van der Waals surface area contributed by atoms with E-state index in [9.17, 15) is 0 Å². The van der Waals surface area contributed by atoms with Crippen LogP contribution in [-0.2, 0) is 0 Å². The van der Waals surface area contributed by atoms with Gasteiger partial charge in [-0.05, 0) is 58.0 Å². The third-order valence-corrected chi connectivity index (χ3v) is 8.20. The quantitative estimate of drug-likeness (QED) is 0.160. The van der Waals surface area contributed by atoms with Gasteiger partial charge in [-0.3, -0.25) is 10.9 Å². The zero-order valence-electron chi connectivity index (χ0n) is 24.0. The predicted octanol–water partition coefficient (Wildman–Crippen LogP) is 10.8. The molecule has 0 atom stereocenters. The van der Waals surface area contributed by atoms with Crippen LogP contribution in [0.15, 0.2) is 164 Å². The maximum Gasteiger partial charge on any atom is 0.112 e. The fourth-order valence-corrected chi connectivity index (χ4v) is 6.14. The molecule has 0 heterocycles. The Morgan fingerprint density at radius 2 is 1.00 bits per heavy atom. The van der Waals surface area contributed by atoms with Crippen molar-refractivity contribution >= 4 is 39.2 Å². The third-order valence-electron chi connectivity index (χ3n) is 8.20. The van der Waals surface area contributed by atoms with Gasteiger partial charge in [0.15, 0.2) is 0 Å². The number of hydrazine groups is 2. The highest BCUT2D eigenvalue weighted by molar-refractivity contribution is 6.09. The Morgan fingerprint density at radius 3 is 1.84 bits per heavy atom. The lowest BCUT2D eigenvalue weighted by molar-refractivity contribution is 1.07. The summed E-state index contributed by atoms with van der Waals surface area (Å²) in [4.78, 5) is 0. The van der Waals surface area contributed by atoms with Crippen LogP contribution in [-0.4, -0.2) is 0 Å². The van der Waals surface area contributed by atoms with Gasteiger partial charge in [0, 0.05) is 22.2 Å². The Morgan fingerprint density at radius 1 is 0.386 bits per heavy atom. The summed E-state index contributed by atoms with van der Waals surface area (Å²) in [5.41, 5.74) is 19.9. The second-order valence-electron chi connectivity index (χ2n) is 10.9. The van der Waals surface area contributed by atoms with E-state index in [-0.39, 0.29) is 0 Å². The number of hydrogen-bond acceptors (Lipinski definition) is 4. The summed E-state index contributed by atoms with van der Waals surface area (Å²) in [7, 11) is 0. The molecule has 4 nitrogen and oxygen atoms in total. The lowest BCUT2D eigenvalue weighted by atomic mass is 9.80. The molecule has 0 bridgehead atoms. The van der Waals surface area contributed by atoms with Crippen molar-refractivity contribution in [2.75, 3.05) is 21.3 Å². The van der Waals surface area contributed by atoms with Gasteiger partial charge in [0.25, 0.3) is 0 Å². The lowest BCUT2D eigenvalue weighted by Crippen LogP contribution is -2.37. The van der Waals surface area contributed by atoms with Gasteiger partial charge in [-0.15, -0.1) is 0 Å². The first kappa shape index (κ1) is 25.7. The average Bonchev–Trinajstić information content (AvgIpc) is 3.08. The Bertz CT molecular complexity index is 2070. The molecule has 3 N–H and O–H groups in total. The number of rotatable bonds is 8. The van der Waals surface area contributed by atoms with Crippen molar-refractivity contribution < 1.29 is 0 Å². The molecule has 4 heteroatoms. The van der Waals surface area contributed by atoms with E-state index >= 15 is 0 Å². The fraction of sp³-hybridized carbons (Fsp3) is 0. The van der Waals surface area contributed by atoms with E-state index in [2.05, 4.69) is 179 Å². The summed E-state index contributed by atoms with van der Waals surface area (Å²) in [6, 6.07) is 57.2. The van der Waals surface area contributed by atoms with E-state index in [1.807, 2.05) is 6.07 Å². The van der Waals surface area contributed by atoms with Crippen LogP contribution >= 0.6 is 0 Å². The molecule has 0 saturated heterocycles. The first-order chi connectivity index (χ1) is 21.8. The Labute approximate surface area is 257 Å². The molecule has 7 aromatic carbocycles. The number of anilines is 5. The molecule has 0 aliphatic heterocycles. The Balaban J connectivity index is 1.30. The maximum absolute atomic E-state index is 3.82. The molecule has 0 unspecified atom stereocenters. The van der Waals surface area contributed by atoms with Gasteiger partial charge in [0.05, 0.1) is 17.1 Å². The van der Waals surface area contributed by atoms with Gasteiger partial charge in [0.2, 0.25) is 0 Å². The monoisotopic (exact) mass is 566 g/mol. The number of benzene rings is 7. The molecule has 0 fully saturated rings. The molecule has 1 aliphatic carbocycles. The number of nitrogens with one attached hydrogen (secondary N) is 3. The zero-order valence-corrected chi connectivity index (χ0v) is 24.0. The minimum atomic E-state index is 0.974. The van der Waals surface area contributed by atoms with E-state index in [0.29, 0.717) is 0 Å². The molecule has 8 rings (SSSR count). The highest BCUT2D eigenvalue weighted by Gasteiger charge is 2.26. The van der Waals surface area contributed by atoms with Gasteiger partial charge in [0.1, 0.15) is 5.69 Å². The fourth-order valence-electron chi connectivity index (χ4n) is 6.14. The average molecular weight is 567 g/mol. The lowest BCUT2D eigenvalue weighted by Gasteiger charge is -2.34. The van der Waals surface area contributed by atoms with Crippen LogP contribution < -0.4 is 21.3 Å². The molecule has 0 radical (unpaired) electrons. The van der Waals surface area contributed by atoms with Crippen LogP contribution in [0.1, 0.15) is 0 Å². The Hall–Kier alpha value is -6.00. The van der Waals surface area contributed by atoms with Crippen molar-refractivity contribution in [3.63, 3.8) is 0 Å². The minimum absolute atomic E-state index is 0.974. The standard InChI is InChI=1S/C40H30N4/c1-3-14-28(15-4-1)31-19-11-12-24-36(31)42-44(43-37-25-13-23-35-33-21-9-10-22-34(33)39(35)37)40-32-20-8-7-16-29(32)26-27-38(40)41-30-17-5-2-6-18-30/h1-27,41-43H. The van der Waals surface area contributed by atoms with Crippen molar-refractivity contribution in [1.29, 1.82) is 0 Å². The topological polar surface area (TPSA) is 39.3 Å². The molecule has 44 heavy (non-hydrogen) atoms. The second-order valence-corrected chi connectivity index (χ2v) is 10.9. The number of para-hydroxylation sites is 2. The number of fused-ring (bicyclic) bond motifs is 5. The van der Waals surface area contributed by atoms with Gasteiger partial charge < -0.3 is 5.32 Å². The summed E-state index contributed by atoms with van der Waals surface area (Å²) >= 11 is 0. The van der Waals surface area contributed by atoms with Gasteiger partial charge in [-0.25, -0.2) is 0 Å². The SMILES string of the molecule is c1ccc(Nc2ccc3ccccc3c2N(Nc2ccccc2-c2ccccc2)Nc2cccc3c2-c2ccccc2-3)cc1. The van der Waals surface area contributed by atoms with Crippen molar-refractivity contribution in [2.45, 2.75) is 0 Å². The summed E-state index contributed by atoms with van der Waals surface area (Å²) < 4.78 is 0. The van der Waals surface area contributed by atoms with Crippen molar-refractivity contribution in [3.8, 4) is 33.4 Å². The highest BCUT2D eigenvalue weighted by Crippen LogP contribution is 2.51. The van der Waals surface area contributed by atoms with E-state index in [0.717, 1.165) is 50.3 Å². The summed E-state index contributed by atoms with van der Waals surface area (Å²) in [5.74, 6) is 0. The predicted molar refractivity (Wildman–Crippen MR) is 186 cm³/mol. The molecule has 0 saturated carbocycles. The molecule has 0 aromatic heterocycles.